The molecule has 0 aliphatic carbocycles. The first kappa shape index (κ1) is 15.8. The van der Waals surface area contributed by atoms with Crippen LogP contribution in [0.25, 0.3) is 10.2 Å². The Morgan fingerprint density at radius 3 is 2.54 bits per heavy atom. The van der Waals surface area contributed by atoms with E-state index in [1.165, 1.54) is 12.8 Å². The van der Waals surface area contributed by atoms with Crippen LogP contribution in [0, 0.1) is 0 Å². The molecule has 0 saturated carbocycles. The minimum Gasteiger partial charge on any atom is -0.378 e. The molecule has 6 heteroatoms. The summed E-state index contributed by atoms with van der Waals surface area (Å²) >= 11 is 1.67. The maximum Gasteiger partial charge on any atom is 0.253 e. The molecular formula is C18H23N3O2S. The lowest BCUT2D eigenvalue weighted by molar-refractivity contribution is 0.0762. The van der Waals surface area contributed by atoms with Crippen LogP contribution in [0.3, 0.4) is 0 Å². The summed E-state index contributed by atoms with van der Waals surface area (Å²) in [5.41, 5.74) is 1.77. The number of hydrogen-bond donors (Lipinski definition) is 0. The molecule has 24 heavy (non-hydrogen) atoms. The topological polar surface area (TPSA) is 45.7 Å². The van der Waals surface area contributed by atoms with Gasteiger partial charge in [-0.3, -0.25) is 4.79 Å². The SMILES string of the molecule is O=C(c1ccc2nc(N3CCOCC3)sc2c1)N1CCCCCC1. The number of likely N-dealkylation sites (tertiary alicyclic amines) is 1. The van der Waals surface area contributed by atoms with Gasteiger partial charge in [0.05, 0.1) is 23.4 Å². The molecule has 2 aliphatic rings. The highest BCUT2D eigenvalue weighted by Gasteiger charge is 2.19. The van der Waals surface area contributed by atoms with Crippen molar-refractivity contribution in [1.29, 1.82) is 0 Å². The van der Waals surface area contributed by atoms with Crippen molar-refractivity contribution < 1.29 is 9.53 Å². The standard InChI is InChI=1S/C18H23N3O2S/c22-17(20-7-3-1-2-4-8-20)14-5-6-15-16(13-14)24-18(19-15)21-9-11-23-12-10-21/h5-6,13H,1-4,7-12H2. The second kappa shape index (κ2) is 7.07. The summed E-state index contributed by atoms with van der Waals surface area (Å²) in [5.74, 6) is 0.167. The van der Waals surface area contributed by atoms with Crippen LogP contribution in [0.15, 0.2) is 18.2 Å². The molecule has 2 fully saturated rings. The van der Waals surface area contributed by atoms with Gasteiger partial charge in [0, 0.05) is 31.7 Å². The molecule has 2 saturated heterocycles. The fourth-order valence-corrected chi connectivity index (χ4v) is 4.45. The van der Waals surface area contributed by atoms with E-state index < -0.39 is 0 Å². The van der Waals surface area contributed by atoms with Gasteiger partial charge < -0.3 is 14.5 Å². The predicted molar refractivity (Wildman–Crippen MR) is 97.0 cm³/mol. The number of hydrogen-bond acceptors (Lipinski definition) is 5. The Morgan fingerprint density at radius 2 is 1.79 bits per heavy atom. The van der Waals surface area contributed by atoms with Crippen LogP contribution in [0.5, 0.6) is 0 Å². The zero-order valence-corrected chi connectivity index (χ0v) is 14.7. The van der Waals surface area contributed by atoms with Gasteiger partial charge in [0.25, 0.3) is 5.91 Å². The molecule has 0 N–H and O–H groups in total. The molecule has 3 heterocycles. The monoisotopic (exact) mass is 345 g/mol. The molecule has 0 atom stereocenters. The van der Waals surface area contributed by atoms with Gasteiger partial charge in [-0.15, -0.1) is 0 Å². The second-order valence-corrected chi connectivity index (χ2v) is 7.49. The minimum atomic E-state index is 0.167. The number of fused-ring (bicyclic) bond motifs is 1. The molecule has 1 aromatic carbocycles. The van der Waals surface area contributed by atoms with Crippen LogP contribution in [0.1, 0.15) is 36.0 Å². The van der Waals surface area contributed by atoms with E-state index in [1.807, 2.05) is 23.1 Å². The molecule has 5 nitrogen and oxygen atoms in total. The summed E-state index contributed by atoms with van der Waals surface area (Å²) < 4.78 is 6.50. The van der Waals surface area contributed by atoms with E-state index in [2.05, 4.69) is 4.90 Å². The largest absolute Gasteiger partial charge is 0.378 e. The first-order valence-electron chi connectivity index (χ1n) is 8.84. The quantitative estimate of drug-likeness (QED) is 0.839. The average Bonchev–Trinajstić information content (AvgIpc) is 2.87. The van der Waals surface area contributed by atoms with Crippen molar-refractivity contribution in [1.82, 2.24) is 9.88 Å². The van der Waals surface area contributed by atoms with Crippen LogP contribution in [0.2, 0.25) is 0 Å². The molecule has 128 valence electrons. The van der Waals surface area contributed by atoms with Crippen LogP contribution in [-0.2, 0) is 4.74 Å². The van der Waals surface area contributed by atoms with E-state index in [9.17, 15) is 4.79 Å². The molecule has 0 radical (unpaired) electrons. The number of amides is 1. The summed E-state index contributed by atoms with van der Waals surface area (Å²) in [4.78, 5) is 21.8. The maximum atomic E-state index is 12.8. The van der Waals surface area contributed by atoms with Crippen molar-refractivity contribution in [2.45, 2.75) is 25.7 Å². The normalized spacial score (nSPS) is 19.5. The number of benzene rings is 1. The fraction of sp³-hybridized carbons (Fsp3) is 0.556. The number of morpholine rings is 1. The van der Waals surface area contributed by atoms with Crippen LogP contribution < -0.4 is 4.90 Å². The van der Waals surface area contributed by atoms with E-state index in [0.717, 1.165) is 73.1 Å². The first-order valence-corrected chi connectivity index (χ1v) is 9.65. The third kappa shape index (κ3) is 3.26. The summed E-state index contributed by atoms with van der Waals surface area (Å²) in [6.45, 7) is 5.07. The van der Waals surface area contributed by atoms with E-state index in [1.54, 1.807) is 11.3 Å². The number of carbonyl (C=O) groups is 1. The van der Waals surface area contributed by atoms with Crippen molar-refractivity contribution in [3.8, 4) is 0 Å². The van der Waals surface area contributed by atoms with Gasteiger partial charge >= 0.3 is 0 Å². The van der Waals surface area contributed by atoms with Gasteiger partial charge in [-0.1, -0.05) is 24.2 Å². The molecule has 1 aromatic heterocycles. The number of aromatic nitrogens is 1. The molecule has 0 bridgehead atoms. The maximum absolute atomic E-state index is 12.8. The van der Waals surface area contributed by atoms with Gasteiger partial charge in [0.1, 0.15) is 0 Å². The van der Waals surface area contributed by atoms with Crippen molar-refractivity contribution >= 4 is 32.6 Å². The smallest absolute Gasteiger partial charge is 0.253 e. The minimum absolute atomic E-state index is 0.167. The summed E-state index contributed by atoms with van der Waals surface area (Å²) in [5, 5.41) is 1.03. The Bertz CT molecular complexity index is 716. The lowest BCUT2D eigenvalue weighted by Crippen LogP contribution is -2.36. The number of carbonyl (C=O) groups excluding carboxylic acids is 1. The average molecular weight is 345 g/mol. The number of rotatable bonds is 2. The molecule has 0 spiro atoms. The van der Waals surface area contributed by atoms with Gasteiger partial charge in [0.2, 0.25) is 0 Å². The van der Waals surface area contributed by atoms with Crippen molar-refractivity contribution in [2.24, 2.45) is 0 Å². The highest BCUT2D eigenvalue weighted by Crippen LogP contribution is 2.30. The van der Waals surface area contributed by atoms with Crippen molar-refractivity contribution in [3.63, 3.8) is 0 Å². The van der Waals surface area contributed by atoms with Gasteiger partial charge in [-0.05, 0) is 31.0 Å². The summed E-state index contributed by atoms with van der Waals surface area (Å²) in [6, 6.07) is 5.93. The molecule has 2 aromatic rings. The number of ether oxygens (including phenoxy) is 1. The third-order valence-electron chi connectivity index (χ3n) is 4.80. The molecule has 2 aliphatic heterocycles. The molecule has 0 unspecified atom stereocenters. The lowest BCUT2D eigenvalue weighted by Gasteiger charge is -2.25. The lowest BCUT2D eigenvalue weighted by atomic mass is 10.2. The predicted octanol–water partition coefficient (Wildman–Crippen LogP) is 3.15. The molecular weight excluding hydrogens is 322 g/mol. The van der Waals surface area contributed by atoms with Crippen LogP contribution in [-0.4, -0.2) is 55.2 Å². The summed E-state index contributed by atoms with van der Waals surface area (Å²) in [7, 11) is 0. The Morgan fingerprint density at radius 1 is 1.04 bits per heavy atom. The van der Waals surface area contributed by atoms with Crippen molar-refractivity contribution in [3.05, 3.63) is 23.8 Å². The zero-order chi connectivity index (χ0) is 16.4. The summed E-state index contributed by atoms with van der Waals surface area (Å²) in [6.07, 6.45) is 4.71. The fourth-order valence-electron chi connectivity index (χ4n) is 3.39. The van der Waals surface area contributed by atoms with Gasteiger partial charge in [0.15, 0.2) is 5.13 Å². The van der Waals surface area contributed by atoms with Crippen LogP contribution in [0.4, 0.5) is 5.13 Å². The number of thiazole rings is 1. The number of anilines is 1. The van der Waals surface area contributed by atoms with E-state index in [4.69, 9.17) is 9.72 Å². The van der Waals surface area contributed by atoms with Crippen molar-refractivity contribution in [2.75, 3.05) is 44.3 Å². The Hall–Kier alpha value is -1.66. The Balaban J connectivity index is 1.57. The first-order chi connectivity index (χ1) is 11.8. The third-order valence-corrected chi connectivity index (χ3v) is 5.88. The number of nitrogens with zero attached hydrogens (tertiary/aromatic N) is 3. The van der Waals surface area contributed by atoms with Crippen LogP contribution >= 0.6 is 11.3 Å². The van der Waals surface area contributed by atoms with E-state index in [-0.39, 0.29) is 5.91 Å². The van der Waals surface area contributed by atoms with E-state index >= 15 is 0 Å². The highest BCUT2D eigenvalue weighted by atomic mass is 32.1. The van der Waals surface area contributed by atoms with Gasteiger partial charge in [-0.25, -0.2) is 4.98 Å². The highest BCUT2D eigenvalue weighted by molar-refractivity contribution is 7.22. The Kier molecular flexibility index (Phi) is 4.67. The van der Waals surface area contributed by atoms with E-state index in [0.29, 0.717) is 0 Å². The van der Waals surface area contributed by atoms with Gasteiger partial charge in [-0.2, -0.15) is 0 Å². The molecule has 1 amide bonds. The second-order valence-electron chi connectivity index (χ2n) is 6.48. The zero-order valence-electron chi connectivity index (χ0n) is 13.9. The molecule has 4 rings (SSSR count). The Labute approximate surface area is 146 Å².